The molecule has 0 saturated carbocycles. The van der Waals surface area contributed by atoms with E-state index < -0.39 is 17.4 Å². The van der Waals surface area contributed by atoms with Crippen LogP contribution in [0.1, 0.15) is 11.3 Å². The lowest BCUT2D eigenvalue weighted by atomic mass is 9.77. The fourth-order valence-electron chi connectivity index (χ4n) is 4.84. The van der Waals surface area contributed by atoms with Crippen LogP contribution in [0.15, 0.2) is 59.2 Å². The minimum atomic E-state index is -0.702. The van der Waals surface area contributed by atoms with E-state index in [-0.39, 0.29) is 17.9 Å². The Morgan fingerprint density at radius 3 is 2.87 bits per heavy atom. The van der Waals surface area contributed by atoms with Crippen LogP contribution in [0, 0.1) is 11.8 Å². The predicted molar refractivity (Wildman–Crippen MR) is 108 cm³/mol. The molecule has 2 aromatic rings. The van der Waals surface area contributed by atoms with E-state index in [1.165, 1.54) is 0 Å². The third kappa shape index (κ3) is 3.10. The minimum Gasteiger partial charge on any atom is -0.497 e. The van der Waals surface area contributed by atoms with Crippen molar-refractivity contribution >= 4 is 11.8 Å². The summed E-state index contributed by atoms with van der Waals surface area (Å²) in [4.78, 5) is 27.9. The van der Waals surface area contributed by atoms with Crippen molar-refractivity contribution in [3.05, 3.63) is 66.1 Å². The van der Waals surface area contributed by atoms with Gasteiger partial charge in [-0.05, 0) is 36.2 Å². The van der Waals surface area contributed by atoms with Crippen molar-refractivity contribution in [2.45, 2.75) is 24.7 Å². The van der Waals surface area contributed by atoms with Crippen molar-refractivity contribution in [2.24, 2.45) is 11.8 Å². The number of nitrogens with zero attached hydrogens (tertiary/aromatic N) is 1. The van der Waals surface area contributed by atoms with Crippen molar-refractivity contribution in [3.8, 4) is 5.75 Å². The van der Waals surface area contributed by atoms with Crippen molar-refractivity contribution in [2.75, 3.05) is 20.2 Å². The molecular formula is C23H24N2O5. The maximum Gasteiger partial charge on any atom is 0.230 e. The third-order valence-corrected chi connectivity index (χ3v) is 6.28. The highest BCUT2D eigenvalue weighted by Gasteiger charge is 2.66. The van der Waals surface area contributed by atoms with Crippen molar-refractivity contribution < 1.29 is 23.5 Å². The molecule has 3 aliphatic heterocycles. The predicted octanol–water partition coefficient (Wildman–Crippen LogP) is 1.93. The zero-order valence-corrected chi connectivity index (χ0v) is 16.7. The van der Waals surface area contributed by atoms with Gasteiger partial charge in [0.2, 0.25) is 11.8 Å². The molecule has 4 atom stereocenters. The molecule has 0 unspecified atom stereocenters. The molecule has 2 saturated heterocycles. The van der Waals surface area contributed by atoms with Crippen LogP contribution in [-0.4, -0.2) is 48.6 Å². The van der Waals surface area contributed by atoms with Gasteiger partial charge in [-0.1, -0.05) is 24.3 Å². The molecule has 0 radical (unpaired) electrons. The van der Waals surface area contributed by atoms with E-state index in [2.05, 4.69) is 5.32 Å². The number of hydrogen-bond donors (Lipinski definition) is 1. The summed E-state index contributed by atoms with van der Waals surface area (Å²) in [6.07, 6.45) is 5.84. The second kappa shape index (κ2) is 7.32. The van der Waals surface area contributed by atoms with Gasteiger partial charge in [-0.3, -0.25) is 9.59 Å². The Bertz CT molecular complexity index is 968. The molecule has 156 valence electrons. The van der Waals surface area contributed by atoms with E-state index in [1.807, 2.05) is 42.5 Å². The van der Waals surface area contributed by atoms with E-state index in [4.69, 9.17) is 13.9 Å². The topological polar surface area (TPSA) is 81.0 Å². The van der Waals surface area contributed by atoms with E-state index in [1.54, 1.807) is 24.3 Å². The Kier molecular flexibility index (Phi) is 4.62. The number of methoxy groups -OCH3 is 1. The normalized spacial score (nSPS) is 28.8. The van der Waals surface area contributed by atoms with Crippen LogP contribution in [0.25, 0.3) is 0 Å². The Hall–Kier alpha value is -3.06. The lowest BCUT2D eigenvalue weighted by Crippen LogP contribution is -2.44. The van der Waals surface area contributed by atoms with Gasteiger partial charge in [0.05, 0.1) is 44.4 Å². The second-order valence-corrected chi connectivity index (χ2v) is 8.06. The molecular weight excluding hydrogens is 384 g/mol. The Balaban J connectivity index is 1.24. The van der Waals surface area contributed by atoms with Gasteiger partial charge in [0.25, 0.3) is 0 Å². The highest BCUT2D eigenvalue weighted by Crippen LogP contribution is 2.52. The number of nitrogens with one attached hydrogen (secondary N) is 1. The van der Waals surface area contributed by atoms with E-state index >= 15 is 0 Å². The molecule has 7 heteroatoms. The molecule has 7 nitrogen and oxygen atoms in total. The van der Waals surface area contributed by atoms with E-state index in [9.17, 15) is 9.59 Å². The van der Waals surface area contributed by atoms with Crippen molar-refractivity contribution in [3.63, 3.8) is 0 Å². The Morgan fingerprint density at radius 2 is 2.13 bits per heavy atom. The molecule has 1 N–H and O–H groups in total. The maximum atomic E-state index is 13.1. The quantitative estimate of drug-likeness (QED) is 0.708. The lowest BCUT2D eigenvalue weighted by Gasteiger charge is -2.23. The highest BCUT2D eigenvalue weighted by molar-refractivity contribution is 5.93. The van der Waals surface area contributed by atoms with Crippen LogP contribution in [0.3, 0.4) is 0 Å². The molecule has 1 spiro atoms. The van der Waals surface area contributed by atoms with Gasteiger partial charge < -0.3 is 24.1 Å². The molecule has 2 fully saturated rings. The van der Waals surface area contributed by atoms with Crippen molar-refractivity contribution in [1.82, 2.24) is 10.2 Å². The number of likely N-dealkylation sites (tertiary alicyclic amines) is 1. The first-order valence-corrected chi connectivity index (χ1v) is 10.2. The number of benzene rings is 1. The van der Waals surface area contributed by atoms with Gasteiger partial charge in [0, 0.05) is 6.54 Å². The third-order valence-electron chi connectivity index (χ3n) is 6.28. The fraction of sp³-hybridized carbons (Fsp3) is 0.391. The maximum absolute atomic E-state index is 13.1. The van der Waals surface area contributed by atoms with Crippen LogP contribution in [-0.2, 0) is 27.3 Å². The average Bonchev–Trinajstić information content (AvgIpc) is 3.52. The number of furan rings is 1. The molecule has 5 rings (SSSR count). The first kappa shape index (κ1) is 18.9. The van der Waals surface area contributed by atoms with Gasteiger partial charge in [-0.25, -0.2) is 0 Å². The smallest absolute Gasteiger partial charge is 0.230 e. The van der Waals surface area contributed by atoms with Crippen molar-refractivity contribution in [1.29, 1.82) is 0 Å². The van der Waals surface area contributed by atoms with E-state index in [0.717, 1.165) is 17.1 Å². The summed E-state index contributed by atoms with van der Waals surface area (Å²) in [5.41, 5.74) is 0.407. The number of fused-ring (bicyclic) bond motifs is 1. The van der Waals surface area contributed by atoms with Crippen LogP contribution in [0.2, 0.25) is 0 Å². The standard InChI is InChI=1S/C23H24N2O5/c1-28-16-6-4-15(5-7-16)9-11-24-21(26)19-18-8-10-23(30-18)14-25(22(27)20(19)23)13-17-3-2-12-29-17/h2-8,10,12,18-20H,9,11,13-14H2,1H3,(H,24,26)/t18-,19-,20-,23+/m0/s1. The lowest BCUT2D eigenvalue weighted by molar-refractivity contribution is -0.138. The van der Waals surface area contributed by atoms with Crippen LogP contribution < -0.4 is 10.1 Å². The summed E-state index contributed by atoms with van der Waals surface area (Å²) in [6.45, 7) is 1.33. The van der Waals surface area contributed by atoms with Crippen LogP contribution in [0.4, 0.5) is 0 Å². The summed E-state index contributed by atoms with van der Waals surface area (Å²) in [5, 5.41) is 3.00. The average molecular weight is 408 g/mol. The first-order chi connectivity index (χ1) is 14.6. The van der Waals surface area contributed by atoms with Gasteiger partial charge in [0.1, 0.15) is 17.1 Å². The van der Waals surface area contributed by atoms with E-state index in [0.29, 0.717) is 26.1 Å². The molecule has 1 aromatic carbocycles. The number of carbonyl (C=O) groups is 2. The van der Waals surface area contributed by atoms with Crippen LogP contribution in [0.5, 0.6) is 5.75 Å². The minimum absolute atomic E-state index is 0.0476. The molecule has 30 heavy (non-hydrogen) atoms. The number of amides is 2. The number of ether oxygens (including phenoxy) is 2. The zero-order chi connectivity index (χ0) is 20.7. The molecule has 2 bridgehead atoms. The second-order valence-electron chi connectivity index (χ2n) is 8.06. The van der Waals surface area contributed by atoms with Crippen LogP contribution >= 0.6 is 0 Å². The number of carbonyl (C=O) groups excluding carboxylic acids is 2. The summed E-state index contributed by atoms with van der Waals surface area (Å²) < 4.78 is 16.7. The Morgan fingerprint density at radius 1 is 1.30 bits per heavy atom. The van der Waals surface area contributed by atoms with Gasteiger partial charge in [-0.2, -0.15) is 0 Å². The van der Waals surface area contributed by atoms with Gasteiger partial charge in [0.15, 0.2) is 0 Å². The molecule has 1 aromatic heterocycles. The number of rotatable bonds is 7. The summed E-state index contributed by atoms with van der Waals surface area (Å²) in [5.74, 6) is 0.367. The summed E-state index contributed by atoms with van der Waals surface area (Å²) >= 11 is 0. The number of hydrogen-bond acceptors (Lipinski definition) is 5. The highest BCUT2D eigenvalue weighted by atomic mass is 16.5. The molecule has 4 heterocycles. The Labute approximate surface area is 174 Å². The largest absolute Gasteiger partial charge is 0.497 e. The SMILES string of the molecule is COc1ccc(CCNC(=O)[C@H]2[C@@H]3C=C[C@]4(CN(Cc5ccco5)C(=O)[C@H]24)O3)cc1. The molecule has 3 aliphatic rings. The first-order valence-electron chi connectivity index (χ1n) is 10.2. The summed E-state index contributed by atoms with van der Waals surface area (Å²) in [7, 11) is 1.63. The van der Waals surface area contributed by atoms with Gasteiger partial charge in [-0.15, -0.1) is 0 Å². The van der Waals surface area contributed by atoms with Gasteiger partial charge >= 0.3 is 0 Å². The zero-order valence-electron chi connectivity index (χ0n) is 16.7. The molecule has 2 amide bonds. The summed E-state index contributed by atoms with van der Waals surface area (Å²) in [6, 6.07) is 11.4. The fourth-order valence-corrected chi connectivity index (χ4v) is 4.84. The molecule has 0 aliphatic carbocycles. The monoisotopic (exact) mass is 408 g/mol.